The number of carboxylic acids is 1. The molecule has 1 aliphatic heterocycles. The van der Waals surface area contributed by atoms with Gasteiger partial charge in [0, 0.05) is 24.1 Å². The molecule has 2 fully saturated rings. The topological polar surface area (TPSA) is 40.5 Å². The van der Waals surface area contributed by atoms with Gasteiger partial charge < -0.3 is 5.11 Å². The number of likely N-dealkylation sites (tertiary alicyclic amines) is 1. The average Bonchev–Trinajstić information content (AvgIpc) is 2.80. The number of nitrogens with zero attached hydrogens (tertiary/aromatic N) is 1. The molecular formula is C17H23BrClNO2. The number of benzene rings is 1. The second kappa shape index (κ2) is 7.33. The molecule has 3 nitrogen and oxygen atoms in total. The molecular weight excluding hydrogens is 366 g/mol. The van der Waals surface area contributed by atoms with Crippen molar-refractivity contribution in [3.8, 4) is 0 Å². The van der Waals surface area contributed by atoms with Crippen LogP contribution in [0.25, 0.3) is 0 Å². The summed E-state index contributed by atoms with van der Waals surface area (Å²) in [6.07, 6.45) is 5.81. The normalized spacial score (nSPS) is 24.1. The van der Waals surface area contributed by atoms with Crippen molar-refractivity contribution in [2.45, 2.75) is 38.6 Å². The predicted octanol–water partition coefficient (Wildman–Crippen LogP) is 4.34. The van der Waals surface area contributed by atoms with Gasteiger partial charge in [-0.1, -0.05) is 47.3 Å². The molecule has 0 bridgehead atoms. The Morgan fingerprint density at radius 2 is 1.86 bits per heavy atom. The lowest BCUT2D eigenvalue weighted by molar-refractivity contribution is -0.145. The molecule has 1 aromatic rings. The minimum Gasteiger partial charge on any atom is -0.481 e. The van der Waals surface area contributed by atoms with Crippen molar-refractivity contribution in [2.75, 3.05) is 13.1 Å². The Morgan fingerprint density at radius 3 is 2.45 bits per heavy atom. The van der Waals surface area contributed by atoms with E-state index in [0.29, 0.717) is 6.54 Å². The average molecular weight is 389 g/mol. The highest BCUT2D eigenvalue weighted by atomic mass is 79.9. The largest absolute Gasteiger partial charge is 0.481 e. The molecule has 2 aliphatic rings. The van der Waals surface area contributed by atoms with Crippen LogP contribution >= 0.6 is 28.3 Å². The zero-order chi connectivity index (χ0) is 14.9. The van der Waals surface area contributed by atoms with Crippen LogP contribution in [0, 0.1) is 11.3 Å². The summed E-state index contributed by atoms with van der Waals surface area (Å²) in [4.78, 5) is 14.0. The summed E-state index contributed by atoms with van der Waals surface area (Å²) in [7, 11) is 0. The highest BCUT2D eigenvalue weighted by Crippen LogP contribution is 2.47. The van der Waals surface area contributed by atoms with Crippen molar-refractivity contribution in [3.63, 3.8) is 0 Å². The SMILES string of the molecule is Cl.O=C(O)C1CN(Cc2ccc(Br)cc2)CC12CCCCC2. The van der Waals surface area contributed by atoms with E-state index >= 15 is 0 Å². The van der Waals surface area contributed by atoms with Crippen molar-refractivity contribution in [3.05, 3.63) is 34.3 Å². The van der Waals surface area contributed by atoms with Crippen LogP contribution < -0.4 is 0 Å². The summed E-state index contributed by atoms with van der Waals surface area (Å²) in [5.41, 5.74) is 1.29. The number of hydrogen-bond donors (Lipinski definition) is 1. The van der Waals surface area contributed by atoms with Crippen molar-refractivity contribution in [1.82, 2.24) is 4.90 Å². The van der Waals surface area contributed by atoms with Gasteiger partial charge in [0.2, 0.25) is 0 Å². The molecule has 1 atom stereocenters. The number of rotatable bonds is 3. The standard InChI is InChI=1S/C17H22BrNO2.ClH/c18-14-6-4-13(5-7-14)10-19-11-15(16(20)21)17(12-19)8-2-1-3-9-17;/h4-7,15H,1-3,8-12H2,(H,20,21);1H. The molecule has 1 spiro atoms. The van der Waals surface area contributed by atoms with Crippen molar-refractivity contribution in [2.24, 2.45) is 11.3 Å². The summed E-state index contributed by atoms with van der Waals surface area (Å²) >= 11 is 3.45. The molecule has 1 aliphatic carbocycles. The fourth-order valence-corrected chi connectivity index (χ4v) is 4.41. The first-order valence-corrected chi connectivity index (χ1v) is 8.58. The van der Waals surface area contributed by atoms with Crippen LogP contribution in [0.5, 0.6) is 0 Å². The van der Waals surface area contributed by atoms with Gasteiger partial charge in [-0.2, -0.15) is 0 Å². The maximum absolute atomic E-state index is 11.7. The summed E-state index contributed by atoms with van der Waals surface area (Å²) in [6.45, 7) is 2.50. The highest BCUT2D eigenvalue weighted by Gasteiger charge is 2.50. The first-order valence-electron chi connectivity index (χ1n) is 7.79. The Balaban J connectivity index is 0.00000176. The highest BCUT2D eigenvalue weighted by molar-refractivity contribution is 9.10. The van der Waals surface area contributed by atoms with Crippen LogP contribution in [0.2, 0.25) is 0 Å². The number of aliphatic carboxylic acids is 1. The monoisotopic (exact) mass is 387 g/mol. The Bertz CT molecular complexity index is 514. The second-order valence-corrected chi connectivity index (χ2v) is 7.53. The number of hydrogen-bond acceptors (Lipinski definition) is 2. The predicted molar refractivity (Wildman–Crippen MR) is 93.3 cm³/mol. The lowest BCUT2D eigenvalue weighted by Crippen LogP contribution is -2.36. The van der Waals surface area contributed by atoms with Crippen LogP contribution in [-0.2, 0) is 11.3 Å². The molecule has 3 rings (SSSR count). The van der Waals surface area contributed by atoms with E-state index in [1.807, 2.05) is 0 Å². The molecule has 1 saturated heterocycles. The summed E-state index contributed by atoms with van der Waals surface area (Å²) in [5.74, 6) is -0.788. The van der Waals surface area contributed by atoms with Crippen LogP contribution in [0.4, 0.5) is 0 Å². The van der Waals surface area contributed by atoms with Gasteiger partial charge in [0.25, 0.3) is 0 Å². The minimum absolute atomic E-state index is 0. The Kier molecular flexibility index (Phi) is 5.92. The van der Waals surface area contributed by atoms with Gasteiger partial charge in [0.15, 0.2) is 0 Å². The van der Waals surface area contributed by atoms with E-state index in [9.17, 15) is 9.90 Å². The zero-order valence-electron chi connectivity index (χ0n) is 12.6. The van der Waals surface area contributed by atoms with Gasteiger partial charge in [-0.25, -0.2) is 0 Å². The van der Waals surface area contributed by atoms with Gasteiger partial charge >= 0.3 is 5.97 Å². The third-order valence-corrected chi connectivity index (χ3v) is 5.71. The number of carboxylic acid groups (broad SMARTS) is 1. The number of carbonyl (C=O) groups is 1. The van der Waals surface area contributed by atoms with Crippen LogP contribution in [0.15, 0.2) is 28.7 Å². The second-order valence-electron chi connectivity index (χ2n) is 6.61. The quantitative estimate of drug-likeness (QED) is 0.837. The van der Waals surface area contributed by atoms with E-state index in [4.69, 9.17) is 0 Å². The molecule has 1 heterocycles. The van der Waals surface area contributed by atoms with E-state index in [2.05, 4.69) is 45.1 Å². The zero-order valence-corrected chi connectivity index (χ0v) is 15.0. The molecule has 5 heteroatoms. The molecule has 1 aromatic carbocycles. The molecule has 22 heavy (non-hydrogen) atoms. The first-order chi connectivity index (χ1) is 10.1. The first kappa shape index (κ1) is 17.8. The molecule has 122 valence electrons. The van der Waals surface area contributed by atoms with Gasteiger partial charge in [-0.15, -0.1) is 12.4 Å². The Morgan fingerprint density at radius 1 is 1.23 bits per heavy atom. The smallest absolute Gasteiger partial charge is 0.308 e. The maximum atomic E-state index is 11.7. The van der Waals surface area contributed by atoms with Crippen LogP contribution in [0.3, 0.4) is 0 Å². The van der Waals surface area contributed by atoms with E-state index in [1.54, 1.807) is 0 Å². The Labute approximate surface area is 146 Å². The third-order valence-electron chi connectivity index (χ3n) is 5.19. The van der Waals surface area contributed by atoms with E-state index in [-0.39, 0.29) is 23.7 Å². The van der Waals surface area contributed by atoms with Crippen molar-refractivity contribution in [1.29, 1.82) is 0 Å². The molecule has 0 radical (unpaired) electrons. The van der Waals surface area contributed by atoms with Gasteiger partial charge in [0.05, 0.1) is 5.92 Å². The summed E-state index contributed by atoms with van der Waals surface area (Å²) in [5, 5.41) is 9.62. The molecule has 1 saturated carbocycles. The molecule has 1 unspecified atom stereocenters. The minimum atomic E-state index is -0.602. The van der Waals surface area contributed by atoms with E-state index in [0.717, 1.165) is 30.4 Å². The summed E-state index contributed by atoms with van der Waals surface area (Å²) < 4.78 is 1.08. The number of halogens is 2. The lowest BCUT2D eigenvalue weighted by atomic mass is 9.68. The summed E-state index contributed by atoms with van der Waals surface area (Å²) in [6, 6.07) is 8.34. The maximum Gasteiger partial charge on any atom is 0.308 e. The van der Waals surface area contributed by atoms with Gasteiger partial charge in [-0.3, -0.25) is 9.69 Å². The van der Waals surface area contributed by atoms with Gasteiger partial charge in [-0.05, 0) is 36.0 Å². The third kappa shape index (κ3) is 3.66. The molecule has 0 amide bonds. The van der Waals surface area contributed by atoms with E-state index < -0.39 is 5.97 Å². The van der Waals surface area contributed by atoms with Crippen LogP contribution in [0.1, 0.15) is 37.7 Å². The Hall–Kier alpha value is -0.580. The van der Waals surface area contributed by atoms with Crippen molar-refractivity contribution >= 4 is 34.3 Å². The van der Waals surface area contributed by atoms with Crippen molar-refractivity contribution < 1.29 is 9.90 Å². The van der Waals surface area contributed by atoms with Gasteiger partial charge in [0.1, 0.15) is 0 Å². The van der Waals surface area contributed by atoms with E-state index in [1.165, 1.54) is 24.8 Å². The van der Waals surface area contributed by atoms with Crippen LogP contribution in [-0.4, -0.2) is 29.1 Å². The fraction of sp³-hybridized carbons (Fsp3) is 0.588. The molecule has 1 N–H and O–H groups in total. The molecule has 0 aromatic heterocycles. The fourth-order valence-electron chi connectivity index (χ4n) is 4.14. The lowest BCUT2D eigenvalue weighted by Gasteiger charge is -2.36.